The Morgan fingerprint density at radius 1 is 1.11 bits per heavy atom. The molecule has 1 heterocycles. The second kappa shape index (κ2) is 5.26. The summed E-state index contributed by atoms with van der Waals surface area (Å²) in [5, 5.41) is 3.61. The van der Waals surface area contributed by atoms with Crippen molar-refractivity contribution in [3.63, 3.8) is 0 Å². The van der Waals surface area contributed by atoms with Gasteiger partial charge in [-0.15, -0.1) is 0 Å². The van der Waals surface area contributed by atoms with E-state index >= 15 is 0 Å². The SMILES string of the molecule is Cc1cc(C)cc(CN2CCNCC23CCCC3)c1. The molecule has 2 fully saturated rings. The maximum atomic E-state index is 3.61. The van der Waals surface area contributed by atoms with E-state index in [-0.39, 0.29) is 0 Å². The van der Waals surface area contributed by atoms with E-state index in [4.69, 9.17) is 0 Å². The molecule has 2 heteroatoms. The molecule has 0 unspecified atom stereocenters. The number of hydrogen-bond donors (Lipinski definition) is 1. The summed E-state index contributed by atoms with van der Waals surface area (Å²) in [6, 6.07) is 6.99. The molecule has 19 heavy (non-hydrogen) atoms. The van der Waals surface area contributed by atoms with Gasteiger partial charge in [0.15, 0.2) is 0 Å². The zero-order valence-corrected chi connectivity index (χ0v) is 12.3. The average molecular weight is 258 g/mol. The Balaban J connectivity index is 1.80. The molecule has 1 aromatic rings. The van der Waals surface area contributed by atoms with Crippen LogP contribution in [0.5, 0.6) is 0 Å². The van der Waals surface area contributed by atoms with E-state index in [1.54, 1.807) is 0 Å². The molecule has 0 atom stereocenters. The van der Waals surface area contributed by atoms with Gasteiger partial charge in [-0.25, -0.2) is 0 Å². The number of rotatable bonds is 2. The zero-order valence-electron chi connectivity index (χ0n) is 12.3. The summed E-state index contributed by atoms with van der Waals surface area (Å²) in [6.45, 7) is 9.08. The number of piperazine rings is 1. The first-order chi connectivity index (χ1) is 9.18. The second-order valence-electron chi connectivity index (χ2n) is 6.53. The predicted molar refractivity (Wildman–Crippen MR) is 80.4 cm³/mol. The zero-order chi connectivity index (χ0) is 13.3. The lowest BCUT2D eigenvalue weighted by molar-refractivity contribution is 0.0572. The van der Waals surface area contributed by atoms with Crippen LogP contribution in [0.3, 0.4) is 0 Å². The van der Waals surface area contributed by atoms with Crippen LogP contribution in [0.1, 0.15) is 42.4 Å². The summed E-state index contributed by atoms with van der Waals surface area (Å²) in [6.07, 6.45) is 5.58. The van der Waals surface area contributed by atoms with Crippen LogP contribution in [0, 0.1) is 13.8 Å². The Kier molecular flexibility index (Phi) is 3.64. The van der Waals surface area contributed by atoms with Crippen LogP contribution in [-0.2, 0) is 6.54 Å². The minimum atomic E-state index is 0.454. The smallest absolute Gasteiger partial charge is 0.0338 e. The molecule has 1 aliphatic carbocycles. The van der Waals surface area contributed by atoms with Crippen LogP contribution in [0.4, 0.5) is 0 Å². The highest BCUT2D eigenvalue weighted by molar-refractivity contribution is 5.28. The van der Waals surface area contributed by atoms with Crippen molar-refractivity contribution in [1.29, 1.82) is 0 Å². The summed E-state index contributed by atoms with van der Waals surface area (Å²) in [5.74, 6) is 0. The van der Waals surface area contributed by atoms with Gasteiger partial charge < -0.3 is 5.32 Å². The van der Waals surface area contributed by atoms with Crippen LogP contribution in [0.25, 0.3) is 0 Å². The Morgan fingerprint density at radius 2 is 1.79 bits per heavy atom. The first-order valence-electron chi connectivity index (χ1n) is 7.71. The highest BCUT2D eigenvalue weighted by Gasteiger charge is 2.40. The van der Waals surface area contributed by atoms with Crippen LogP contribution >= 0.6 is 0 Å². The molecule has 3 rings (SSSR count). The van der Waals surface area contributed by atoms with Gasteiger partial charge in [0.25, 0.3) is 0 Å². The van der Waals surface area contributed by atoms with Crippen molar-refractivity contribution in [3.8, 4) is 0 Å². The van der Waals surface area contributed by atoms with Gasteiger partial charge in [-0.3, -0.25) is 4.90 Å². The lowest BCUT2D eigenvalue weighted by Gasteiger charge is -2.45. The highest BCUT2D eigenvalue weighted by atomic mass is 15.3. The van der Waals surface area contributed by atoms with Gasteiger partial charge in [-0.05, 0) is 32.3 Å². The molecule has 2 nitrogen and oxygen atoms in total. The van der Waals surface area contributed by atoms with Crippen molar-refractivity contribution in [1.82, 2.24) is 10.2 Å². The second-order valence-corrected chi connectivity index (χ2v) is 6.53. The van der Waals surface area contributed by atoms with E-state index in [2.05, 4.69) is 42.3 Å². The molecule has 1 saturated heterocycles. The molecular weight excluding hydrogens is 232 g/mol. The first-order valence-corrected chi connectivity index (χ1v) is 7.71. The topological polar surface area (TPSA) is 15.3 Å². The van der Waals surface area contributed by atoms with E-state index in [1.807, 2.05) is 0 Å². The van der Waals surface area contributed by atoms with Crippen molar-refractivity contribution >= 4 is 0 Å². The van der Waals surface area contributed by atoms with Crippen LogP contribution < -0.4 is 5.32 Å². The molecule has 0 amide bonds. The third-order valence-corrected chi connectivity index (χ3v) is 4.87. The van der Waals surface area contributed by atoms with Crippen molar-refractivity contribution < 1.29 is 0 Å². The molecule has 0 aromatic heterocycles. The normalized spacial score (nSPS) is 23.1. The molecule has 1 aromatic carbocycles. The molecule has 104 valence electrons. The van der Waals surface area contributed by atoms with E-state index in [9.17, 15) is 0 Å². The van der Waals surface area contributed by atoms with Gasteiger partial charge >= 0.3 is 0 Å². The molecule has 0 radical (unpaired) electrons. The minimum absolute atomic E-state index is 0.454. The predicted octanol–water partition coefficient (Wildman–Crippen LogP) is 3.02. The van der Waals surface area contributed by atoms with Gasteiger partial charge in [0.05, 0.1) is 0 Å². The molecule has 1 spiro atoms. The summed E-state index contributed by atoms with van der Waals surface area (Å²) in [7, 11) is 0. The average Bonchev–Trinajstić information content (AvgIpc) is 2.80. The lowest BCUT2D eigenvalue weighted by Crippen LogP contribution is -2.59. The third-order valence-electron chi connectivity index (χ3n) is 4.87. The van der Waals surface area contributed by atoms with Crippen molar-refractivity contribution in [2.45, 2.75) is 51.6 Å². The summed E-state index contributed by atoms with van der Waals surface area (Å²) < 4.78 is 0. The van der Waals surface area contributed by atoms with E-state index < -0.39 is 0 Å². The Morgan fingerprint density at radius 3 is 2.47 bits per heavy atom. The molecule has 2 aliphatic rings. The largest absolute Gasteiger partial charge is 0.314 e. The van der Waals surface area contributed by atoms with Gasteiger partial charge in [0.1, 0.15) is 0 Å². The fourth-order valence-corrected chi connectivity index (χ4v) is 4.04. The van der Waals surface area contributed by atoms with Gasteiger partial charge in [0.2, 0.25) is 0 Å². The molecular formula is C17H26N2. The van der Waals surface area contributed by atoms with Gasteiger partial charge in [-0.1, -0.05) is 42.2 Å². The summed E-state index contributed by atoms with van der Waals surface area (Å²) >= 11 is 0. The third kappa shape index (κ3) is 2.70. The van der Waals surface area contributed by atoms with E-state index in [1.165, 1.54) is 55.5 Å². The Bertz CT molecular complexity index is 426. The van der Waals surface area contributed by atoms with Crippen LogP contribution in [-0.4, -0.2) is 30.1 Å². The van der Waals surface area contributed by atoms with Gasteiger partial charge in [-0.2, -0.15) is 0 Å². The first kappa shape index (κ1) is 13.1. The standard InChI is InChI=1S/C17H26N2/c1-14-9-15(2)11-16(10-14)12-19-8-7-18-13-17(19)5-3-4-6-17/h9-11,18H,3-8,12-13H2,1-2H3. The number of nitrogens with zero attached hydrogens (tertiary/aromatic N) is 1. The monoisotopic (exact) mass is 258 g/mol. The summed E-state index contributed by atoms with van der Waals surface area (Å²) in [5.41, 5.74) is 4.73. The van der Waals surface area contributed by atoms with Crippen LogP contribution in [0.15, 0.2) is 18.2 Å². The maximum Gasteiger partial charge on any atom is 0.0338 e. The van der Waals surface area contributed by atoms with Crippen molar-refractivity contribution in [3.05, 3.63) is 34.9 Å². The quantitative estimate of drug-likeness (QED) is 0.877. The van der Waals surface area contributed by atoms with Gasteiger partial charge in [0, 0.05) is 31.7 Å². The number of nitrogens with one attached hydrogen (secondary N) is 1. The van der Waals surface area contributed by atoms with Crippen LogP contribution in [0.2, 0.25) is 0 Å². The Hall–Kier alpha value is -0.860. The van der Waals surface area contributed by atoms with E-state index in [0.717, 1.165) is 13.1 Å². The minimum Gasteiger partial charge on any atom is -0.314 e. The van der Waals surface area contributed by atoms with Crippen molar-refractivity contribution in [2.75, 3.05) is 19.6 Å². The summed E-state index contributed by atoms with van der Waals surface area (Å²) in [4.78, 5) is 2.75. The molecule has 1 saturated carbocycles. The Labute approximate surface area is 117 Å². The fraction of sp³-hybridized carbons (Fsp3) is 0.647. The molecule has 0 bridgehead atoms. The molecule has 1 aliphatic heterocycles. The maximum absolute atomic E-state index is 3.61. The lowest BCUT2D eigenvalue weighted by atomic mass is 9.92. The van der Waals surface area contributed by atoms with Crippen molar-refractivity contribution in [2.24, 2.45) is 0 Å². The number of benzene rings is 1. The highest BCUT2D eigenvalue weighted by Crippen LogP contribution is 2.37. The van der Waals surface area contributed by atoms with E-state index in [0.29, 0.717) is 5.54 Å². The molecule has 1 N–H and O–H groups in total. The number of hydrogen-bond acceptors (Lipinski definition) is 2. The number of aryl methyl sites for hydroxylation is 2. The fourth-order valence-electron chi connectivity index (χ4n) is 4.04.